The Labute approximate surface area is 92.5 Å². The van der Waals surface area contributed by atoms with Gasteiger partial charge < -0.3 is 5.11 Å². The van der Waals surface area contributed by atoms with Crippen molar-refractivity contribution < 1.29 is 5.11 Å². The van der Waals surface area contributed by atoms with Gasteiger partial charge in [-0.2, -0.15) is 0 Å². The third-order valence-electron chi connectivity index (χ3n) is 2.82. The fraction of sp³-hybridized carbons (Fsp3) is 0.429. The standard InChI is InChI=1S/C14H20O/c1-4-11-14(3,15)13(5-2)12-9-7-6-8-10-12/h5-10,13,15H,2,4,11H2,1,3H3. The smallest absolute Gasteiger partial charge is 0.0722 e. The molecule has 82 valence electrons. The Morgan fingerprint density at radius 2 is 2.00 bits per heavy atom. The van der Waals surface area contributed by atoms with Crippen LogP contribution in [0.3, 0.4) is 0 Å². The van der Waals surface area contributed by atoms with Crippen LogP contribution in [0.1, 0.15) is 38.2 Å². The largest absolute Gasteiger partial charge is 0.389 e. The molecule has 0 aliphatic heterocycles. The van der Waals surface area contributed by atoms with Gasteiger partial charge in [0.1, 0.15) is 0 Å². The van der Waals surface area contributed by atoms with Gasteiger partial charge in [-0.15, -0.1) is 6.58 Å². The summed E-state index contributed by atoms with van der Waals surface area (Å²) in [7, 11) is 0. The van der Waals surface area contributed by atoms with Gasteiger partial charge in [0.05, 0.1) is 5.60 Å². The number of benzene rings is 1. The second-order valence-electron chi connectivity index (χ2n) is 4.23. The molecule has 0 saturated carbocycles. The van der Waals surface area contributed by atoms with Crippen molar-refractivity contribution in [1.29, 1.82) is 0 Å². The average molecular weight is 204 g/mol. The first-order chi connectivity index (χ1) is 7.11. The summed E-state index contributed by atoms with van der Waals surface area (Å²) in [6.07, 6.45) is 3.60. The first kappa shape index (κ1) is 12.0. The molecule has 1 aromatic rings. The maximum absolute atomic E-state index is 10.4. The highest BCUT2D eigenvalue weighted by Crippen LogP contribution is 2.32. The van der Waals surface area contributed by atoms with Crippen molar-refractivity contribution in [3.63, 3.8) is 0 Å². The van der Waals surface area contributed by atoms with Crippen LogP contribution < -0.4 is 0 Å². The fourth-order valence-corrected chi connectivity index (χ4v) is 2.07. The van der Waals surface area contributed by atoms with Crippen LogP contribution in [0.4, 0.5) is 0 Å². The van der Waals surface area contributed by atoms with Crippen molar-refractivity contribution in [2.24, 2.45) is 0 Å². The van der Waals surface area contributed by atoms with Crippen molar-refractivity contribution in [2.45, 2.75) is 38.2 Å². The lowest BCUT2D eigenvalue weighted by atomic mass is 9.81. The quantitative estimate of drug-likeness (QED) is 0.728. The van der Waals surface area contributed by atoms with Gasteiger partial charge in [0.25, 0.3) is 0 Å². The van der Waals surface area contributed by atoms with Crippen molar-refractivity contribution >= 4 is 0 Å². The third-order valence-corrected chi connectivity index (χ3v) is 2.82. The Balaban J connectivity index is 2.94. The SMILES string of the molecule is C=CC(c1ccccc1)C(C)(O)CCC. The minimum atomic E-state index is -0.697. The van der Waals surface area contributed by atoms with E-state index in [-0.39, 0.29) is 5.92 Å². The van der Waals surface area contributed by atoms with E-state index in [1.165, 1.54) is 0 Å². The summed E-state index contributed by atoms with van der Waals surface area (Å²) in [4.78, 5) is 0. The second kappa shape index (κ2) is 5.13. The predicted octanol–water partition coefficient (Wildman–Crippen LogP) is 3.51. The molecule has 0 radical (unpaired) electrons. The van der Waals surface area contributed by atoms with Gasteiger partial charge in [0.15, 0.2) is 0 Å². The molecule has 0 fully saturated rings. The van der Waals surface area contributed by atoms with Crippen LogP contribution in [0.25, 0.3) is 0 Å². The van der Waals surface area contributed by atoms with Crippen molar-refractivity contribution in [3.05, 3.63) is 48.6 Å². The highest BCUT2D eigenvalue weighted by Gasteiger charge is 2.29. The maximum atomic E-state index is 10.4. The molecule has 1 rings (SSSR count). The van der Waals surface area contributed by atoms with Crippen LogP contribution in [0.5, 0.6) is 0 Å². The highest BCUT2D eigenvalue weighted by atomic mass is 16.3. The summed E-state index contributed by atoms with van der Waals surface area (Å²) in [5.41, 5.74) is 0.434. The third kappa shape index (κ3) is 2.93. The van der Waals surface area contributed by atoms with Gasteiger partial charge >= 0.3 is 0 Å². The van der Waals surface area contributed by atoms with Crippen LogP contribution >= 0.6 is 0 Å². The Morgan fingerprint density at radius 3 is 2.47 bits per heavy atom. The Bertz CT molecular complexity index is 300. The Hall–Kier alpha value is -1.08. The summed E-state index contributed by atoms with van der Waals surface area (Å²) < 4.78 is 0. The molecule has 0 aliphatic rings. The zero-order chi connectivity index (χ0) is 11.3. The molecule has 15 heavy (non-hydrogen) atoms. The molecule has 0 aliphatic carbocycles. The summed E-state index contributed by atoms with van der Waals surface area (Å²) in [6.45, 7) is 7.79. The highest BCUT2D eigenvalue weighted by molar-refractivity contribution is 5.26. The van der Waals surface area contributed by atoms with Gasteiger partial charge in [-0.1, -0.05) is 49.8 Å². The number of hydrogen-bond acceptors (Lipinski definition) is 1. The molecule has 1 aromatic carbocycles. The molecule has 1 nitrogen and oxygen atoms in total. The van der Waals surface area contributed by atoms with Crippen molar-refractivity contribution in [1.82, 2.24) is 0 Å². The van der Waals surface area contributed by atoms with E-state index in [1.54, 1.807) is 0 Å². The number of aliphatic hydroxyl groups is 1. The lowest BCUT2D eigenvalue weighted by molar-refractivity contribution is 0.0356. The molecular formula is C14H20O. The van der Waals surface area contributed by atoms with Crippen molar-refractivity contribution in [3.8, 4) is 0 Å². The van der Waals surface area contributed by atoms with Crippen molar-refractivity contribution in [2.75, 3.05) is 0 Å². The lowest BCUT2D eigenvalue weighted by Crippen LogP contribution is -2.31. The van der Waals surface area contributed by atoms with Gasteiger partial charge in [-0.3, -0.25) is 0 Å². The van der Waals surface area contributed by atoms with E-state index in [0.717, 1.165) is 18.4 Å². The first-order valence-corrected chi connectivity index (χ1v) is 5.51. The van der Waals surface area contributed by atoms with Gasteiger partial charge in [0, 0.05) is 5.92 Å². The van der Waals surface area contributed by atoms with Crippen LogP contribution in [0.15, 0.2) is 43.0 Å². The molecule has 1 heteroatoms. The van der Waals surface area contributed by atoms with E-state index in [4.69, 9.17) is 0 Å². The van der Waals surface area contributed by atoms with Gasteiger partial charge in [-0.25, -0.2) is 0 Å². The summed E-state index contributed by atoms with van der Waals surface area (Å²) >= 11 is 0. The van der Waals surface area contributed by atoms with E-state index in [0.29, 0.717) is 0 Å². The molecular weight excluding hydrogens is 184 g/mol. The zero-order valence-corrected chi connectivity index (χ0v) is 9.61. The van der Waals surface area contributed by atoms with Crippen LogP contribution in [0.2, 0.25) is 0 Å². The predicted molar refractivity (Wildman–Crippen MR) is 64.9 cm³/mol. The van der Waals surface area contributed by atoms with E-state index >= 15 is 0 Å². The Morgan fingerprint density at radius 1 is 1.40 bits per heavy atom. The maximum Gasteiger partial charge on any atom is 0.0722 e. The Kier molecular flexibility index (Phi) is 4.10. The molecule has 0 bridgehead atoms. The lowest BCUT2D eigenvalue weighted by Gasteiger charge is -2.31. The number of rotatable bonds is 5. The molecule has 0 spiro atoms. The molecule has 1 N–H and O–H groups in total. The topological polar surface area (TPSA) is 20.2 Å². The van der Waals surface area contributed by atoms with Crippen LogP contribution in [0, 0.1) is 0 Å². The van der Waals surface area contributed by atoms with E-state index < -0.39 is 5.60 Å². The first-order valence-electron chi connectivity index (χ1n) is 5.51. The number of hydrogen-bond donors (Lipinski definition) is 1. The summed E-state index contributed by atoms with van der Waals surface area (Å²) in [5.74, 6) is 0.0126. The van der Waals surface area contributed by atoms with Crippen LogP contribution in [-0.4, -0.2) is 10.7 Å². The molecule has 0 aromatic heterocycles. The monoisotopic (exact) mass is 204 g/mol. The zero-order valence-electron chi connectivity index (χ0n) is 9.61. The molecule has 0 heterocycles. The fourth-order valence-electron chi connectivity index (χ4n) is 2.07. The van der Waals surface area contributed by atoms with E-state index in [1.807, 2.05) is 43.3 Å². The van der Waals surface area contributed by atoms with E-state index in [2.05, 4.69) is 13.5 Å². The minimum absolute atomic E-state index is 0.0126. The van der Waals surface area contributed by atoms with Crippen LogP contribution in [-0.2, 0) is 0 Å². The summed E-state index contributed by atoms with van der Waals surface area (Å²) in [6, 6.07) is 10.0. The normalized spacial score (nSPS) is 16.7. The summed E-state index contributed by atoms with van der Waals surface area (Å²) in [5, 5.41) is 10.4. The molecule has 0 saturated heterocycles. The average Bonchev–Trinajstić information content (AvgIpc) is 2.19. The second-order valence-corrected chi connectivity index (χ2v) is 4.23. The molecule has 0 amide bonds. The van der Waals surface area contributed by atoms with Gasteiger partial charge in [-0.05, 0) is 18.9 Å². The minimum Gasteiger partial charge on any atom is -0.389 e. The molecule has 2 unspecified atom stereocenters. The van der Waals surface area contributed by atoms with Gasteiger partial charge in [0.2, 0.25) is 0 Å². The molecule has 2 atom stereocenters. The van der Waals surface area contributed by atoms with E-state index in [9.17, 15) is 5.11 Å².